The second kappa shape index (κ2) is 9.91. The normalized spacial score (nSPS) is 18.1. The van der Waals surface area contributed by atoms with Crippen LogP contribution in [0.4, 0.5) is 0 Å². The Kier molecular flexibility index (Phi) is 7.57. The molecule has 1 atom stereocenters. The molecular formula is C19H30N4O2. The maximum atomic E-state index is 11.1. The SMILES string of the molecule is CN=C(NCCCOc1ccc(C)cc1)N1CCCC(CC(N)=O)C1. The number of benzene rings is 1. The lowest BCUT2D eigenvalue weighted by Crippen LogP contribution is -2.47. The van der Waals surface area contributed by atoms with Gasteiger partial charge in [-0.2, -0.15) is 0 Å². The molecular weight excluding hydrogens is 316 g/mol. The summed E-state index contributed by atoms with van der Waals surface area (Å²) < 4.78 is 5.74. The Morgan fingerprint density at radius 1 is 1.40 bits per heavy atom. The number of nitrogens with one attached hydrogen (secondary N) is 1. The Balaban J connectivity index is 1.69. The number of aryl methyl sites for hydroxylation is 1. The average Bonchev–Trinajstić information content (AvgIpc) is 2.59. The van der Waals surface area contributed by atoms with Crippen molar-refractivity contribution in [2.24, 2.45) is 16.6 Å². The smallest absolute Gasteiger partial charge is 0.217 e. The van der Waals surface area contributed by atoms with Crippen LogP contribution in [-0.4, -0.2) is 50.1 Å². The topological polar surface area (TPSA) is 80.0 Å². The van der Waals surface area contributed by atoms with E-state index in [-0.39, 0.29) is 5.91 Å². The molecule has 3 N–H and O–H groups in total. The molecule has 0 radical (unpaired) electrons. The van der Waals surface area contributed by atoms with Gasteiger partial charge < -0.3 is 20.7 Å². The molecule has 1 aromatic carbocycles. The van der Waals surface area contributed by atoms with Gasteiger partial charge in [0.15, 0.2) is 5.96 Å². The largest absolute Gasteiger partial charge is 0.494 e. The van der Waals surface area contributed by atoms with Gasteiger partial charge in [0.25, 0.3) is 0 Å². The molecule has 0 aromatic heterocycles. The maximum Gasteiger partial charge on any atom is 0.217 e. The fraction of sp³-hybridized carbons (Fsp3) is 0.579. The van der Waals surface area contributed by atoms with Crippen LogP contribution in [0.1, 0.15) is 31.2 Å². The highest BCUT2D eigenvalue weighted by molar-refractivity contribution is 5.80. The van der Waals surface area contributed by atoms with Crippen LogP contribution in [0.15, 0.2) is 29.3 Å². The van der Waals surface area contributed by atoms with Gasteiger partial charge in [-0.15, -0.1) is 0 Å². The van der Waals surface area contributed by atoms with E-state index in [4.69, 9.17) is 10.5 Å². The number of hydrogen-bond donors (Lipinski definition) is 2. The molecule has 1 heterocycles. The van der Waals surface area contributed by atoms with Crippen LogP contribution in [0, 0.1) is 12.8 Å². The third-order valence-corrected chi connectivity index (χ3v) is 4.41. The Morgan fingerprint density at radius 3 is 2.84 bits per heavy atom. The van der Waals surface area contributed by atoms with E-state index in [0.717, 1.165) is 50.6 Å². The highest BCUT2D eigenvalue weighted by atomic mass is 16.5. The first-order valence-electron chi connectivity index (χ1n) is 9.02. The van der Waals surface area contributed by atoms with Crippen LogP contribution >= 0.6 is 0 Å². The fourth-order valence-electron chi connectivity index (χ4n) is 3.14. The van der Waals surface area contributed by atoms with Crippen molar-refractivity contribution in [2.45, 2.75) is 32.6 Å². The Labute approximate surface area is 150 Å². The summed E-state index contributed by atoms with van der Waals surface area (Å²) in [6.07, 6.45) is 3.47. The molecule has 25 heavy (non-hydrogen) atoms. The lowest BCUT2D eigenvalue weighted by atomic mass is 9.95. The zero-order chi connectivity index (χ0) is 18.1. The second-order valence-corrected chi connectivity index (χ2v) is 6.61. The number of primary amides is 1. The third kappa shape index (κ3) is 6.64. The first kappa shape index (κ1) is 19.1. The summed E-state index contributed by atoms with van der Waals surface area (Å²) in [7, 11) is 1.79. The molecule has 138 valence electrons. The molecule has 1 aromatic rings. The van der Waals surface area contributed by atoms with Crippen molar-refractivity contribution >= 4 is 11.9 Å². The Morgan fingerprint density at radius 2 is 2.16 bits per heavy atom. The molecule has 1 unspecified atom stereocenters. The average molecular weight is 346 g/mol. The van der Waals surface area contributed by atoms with Gasteiger partial charge in [-0.1, -0.05) is 17.7 Å². The molecule has 1 saturated heterocycles. The highest BCUT2D eigenvalue weighted by Crippen LogP contribution is 2.19. The van der Waals surface area contributed by atoms with Crippen molar-refractivity contribution in [1.29, 1.82) is 0 Å². The van der Waals surface area contributed by atoms with Gasteiger partial charge >= 0.3 is 0 Å². The van der Waals surface area contributed by atoms with Crippen LogP contribution in [0.3, 0.4) is 0 Å². The highest BCUT2D eigenvalue weighted by Gasteiger charge is 2.23. The molecule has 2 rings (SSSR count). The van der Waals surface area contributed by atoms with E-state index in [9.17, 15) is 4.79 Å². The minimum atomic E-state index is -0.219. The number of guanidine groups is 1. The van der Waals surface area contributed by atoms with Crippen molar-refractivity contribution < 1.29 is 9.53 Å². The second-order valence-electron chi connectivity index (χ2n) is 6.61. The Hall–Kier alpha value is -2.24. The van der Waals surface area contributed by atoms with E-state index in [1.165, 1.54) is 5.56 Å². The summed E-state index contributed by atoms with van der Waals surface area (Å²) in [4.78, 5) is 17.7. The first-order chi connectivity index (χ1) is 12.1. The number of carbonyl (C=O) groups excluding carboxylic acids is 1. The van der Waals surface area contributed by atoms with Crippen LogP contribution in [0.5, 0.6) is 5.75 Å². The minimum Gasteiger partial charge on any atom is -0.494 e. The van der Waals surface area contributed by atoms with E-state index in [2.05, 4.69) is 22.1 Å². The third-order valence-electron chi connectivity index (χ3n) is 4.41. The lowest BCUT2D eigenvalue weighted by Gasteiger charge is -2.34. The van der Waals surface area contributed by atoms with E-state index in [1.807, 2.05) is 24.3 Å². The lowest BCUT2D eigenvalue weighted by molar-refractivity contribution is -0.119. The van der Waals surface area contributed by atoms with E-state index >= 15 is 0 Å². The first-order valence-corrected chi connectivity index (χ1v) is 9.02. The quantitative estimate of drug-likeness (QED) is 0.449. The molecule has 0 bridgehead atoms. The van der Waals surface area contributed by atoms with Gasteiger partial charge in [-0.3, -0.25) is 9.79 Å². The zero-order valence-electron chi connectivity index (χ0n) is 15.3. The molecule has 1 amide bonds. The number of nitrogens with two attached hydrogens (primary N) is 1. The van der Waals surface area contributed by atoms with Crippen LogP contribution in [0.2, 0.25) is 0 Å². The number of amides is 1. The fourth-order valence-corrected chi connectivity index (χ4v) is 3.14. The zero-order valence-corrected chi connectivity index (χ0v) is 15.3. The predicted octanol–water partition coefficient (Wildman–Crippen LogP) is 1.93. The molecule has 6 nitrogen and oxygen atoms in total. The Bertz CT molecular complexity index is 571. The van der Waals surface area contributed by atoms with Gasteiger partial charge in [-0.05, 0) is 44.2 Å². The number of aliphatic imine (C=N–C) groups is 1. The molecule has 0 aliphatic carbocycles. The van der Waals surface area contributed by atoms with E-state index in [1.54, 1.807) is 7.05 Å². The summed E-state index contributed by atoms with van der Waals surface area (Å²) in [6.45, 7) is 5.33. The summed E-state index contributed by atoms with van der Waals surface area (Å²) >= 11 is 0. The summed E-state index contributed by atoms with van der Waals surface area (Å²) in [5.41, 5.74) is 6.56. The number of nitrogens with zero attached hydrogens (tertiary/aromatic N) is 2. The summed E-state index contributed by atoms with van der Waals surface area (Å²) in [6, 6.07) is 8.09. The molecule has 1 aliphatic rings. The molecule has 0 saturated carbocycles. The van der Waals surface area contributed by atoms with Gasteiger partial charge in [-0.25, -0.2) is 0 Å². The number of hydrogen-bond acceptors (Lipinski definition) is 3. The molecule has 1 fully saturated rings. The maximum absolute atomic E-state index is 11.1. The van der Waals surface area contributed by atoms with Crippen molar-refractivity contribution in [2.75, 3.05) is 33.3 Å². The van der Waals surface area contributed by atoms with Crippen LogP contribution in [0.25, 0.3) is 0 Å². The van der Waals surface area contributed by atoms with Crippen LogP contribution < -0.4 is 15.8 Å². The van der Waals surface area contributed by atoms with Gasteiger partial charge in [0, 0.05) is 33.1 Å². The summed E-state index contributed by atoms with van der Waals surface area (Å²) in [5.74, 6) is 1.91. The number of likely N-dealkylation sites (tertiary alicyclic amines) is 1. The number of rotatable bonds is 7. The molecule has 6 heteroatoms. The standard InChI is InChI=1S/C19H30N4O2/c1-15-6-8-17(9-7-15)25-12-4-10-22-19(21-2)23-11-3-5-16(14-23)13-18(20)24/h6-9,16H,3-5,10-14H2,1-2H3,(H2,20,24)(H,21,22). The van der Waals surface area contributed by atoms with Crippen molar-refractivity contribution in [3.63, 3.8) is 0 Å². The van der Waals surface area contributed by atoms with Crippen LogP contribution in [-0.2, 0) is 4.79 Å². The van der Waals surface area contributed by atoms with Gasteiger partial charge in [0.1, 0.15) is 5.75 Å². The van der Waals surface area contributed by atoms with Gasteiger partial charge in [0.2, 0.25) is 5.91 Å². The number of carbonyl (C=O) groups is 1. The van der Waals surface area contributed by atoms with Crippen molar-refractivity contribution in [3.8, 4) is 5.75 Å². The predicted molar refractivity (Wildman–Crippen MR) is 101 cm³/mol. The summed E-state index contributed by atoms with van der Waals surface area (Å²) in [5, 5.41) is 3.39. The minimum absolute atomic E-state index is 0.219. The molecule has 1 aliphatic heterocycles. The van der Waals surface area contributed by atoms with E-state index in [0.29, 0.717) is 18.9 Å². The van der Waals surface area contributed by atoms with Crippen molar-refractivity contribution in [1.82, 2.24) is 10.2 Å². The van der Waals surface area contributed by atoms with Gasteiger partial charge in [0.05, 0.1) is 6.61 Å². The molecule has 0 spiro atoms. The van der Waals surface area contributed by atoms with Crippen molar-refractivity contribution in [3.05, 3.63) is 29.8 Å². The monoisotopic (exact) mass is 346 g/mol. The number of ether oxygens (including phenoxy) is 1. The number of piperidine rings is 1. The van der Waals surface area contributed by atoms with E-state index < -0.39 is 0 Å².